The van der Waals surface area contributed by atoms with E-state index in [1.165, 1.54) is 27.1 Å². The Morgan fingerprint density at radius 2 is 1.43 bits per heavy atom. The fourth-order valence-electron chi connectivity index (χ4n) is 4.42. The van der Waals surface area contributed by atoms with Crippen molar-refractivity contribution >= 4 is 21.5 Å². The molecule has 1 aliphatic heterocycles. The summed E-state index contributed by atoms with van der Waals surface area (Å²) in [5, 5.41) is 12.4. The topological polar surface area (TPSA) is 40.2 Å². The van der Waals surface area contributed by atoms with E-state index in [2.05, 4.69) is 88.3 Å². The third-order valence-corrected chi connectivity index (χ3v) is 5.90. The van der Waals surface area contributed by atoms with Gasteiger partial charge in [0, 0.05) is 45.8 Å². The van der Waals surface area contributed by atoms with Crippen LogP contribution in [0.3, 0.4) is 0 Å². The average molecular weight is 397 g/mol. The van der Waals surface area contributed by atoms with E-state index in [1.807, 2.05) is 0 Å². The maximum atomic E-state index is 4.90. The molecule has 0 fully saturated rings. The third-order valence-electron chi connectivity index (χ3n) is 5.90. The fourth-order valence-corrected chi connectivity index (χ4v) is 4.42. The van der Waals surface area contributed by atoms with E-state index in [-0.39, 0.29) is 0 Å². The molecule has 0 radical (unpaired) electrons. The minimum atomic E-state index is 0.823. The van der Waals surface area contributed by atoms with Gasteiger partial charge in [-0.2, -0.15) is 0 Å². The molecule has 0 amide bonds. The molecule has 1 aromatic heterocycles. The van der Waals surface area contributed by atoms with Gasteiger partial charge in [0.2, 0.25) is 0 Å². The lowest BCUT2D eigenvalue weighted by Crippen LogP contribution is -2.35. The molecule has 30 heavy (non-hydrogen) atoms. The molecule has 0 aliphatic carbocycles. The van der Waals surface area contributed by atoms with Gasteiger partial charge in [-0.15, -0.1) is 0 Å². The Kier molecular flexibility index (Phi) is 5.71. The number of nitrogens with zero attached hydrogens (tertiary/aromatic N) is 2. The highest BCUT2D eigenvalue weighted by atomic mass is 15.1. The van der Waals surface area contributed by atoms with E-state index in [0.717, 1.165) is 57.2 Å². The first-order valence-corrected chi connectivity index (χ1v) is 10.8. The molecule has 2 N–H and O–H groups in total. The van der Waals surface area contributed by atoms with E-state index in [9.17, 15) is 0 Å². The first kappa shape index (κ1) is 19.2. The second-order valence-electron chi connectivity index (χ2n) is 8.06. The monoisotopic (exact) mass is 396 g/mol. The second kappa shape index (κ2) is 8.92. The van der Waals surface area contributed by atoms with Crippen LogP contribution in [0.2, 0.25) is 0 Å². The fraction of sp³-hybridized carbons (Fsp3) is 0.269. The Morgan fingerprint density at radius 3 is 2.23 bits per heavy atom. The smallest absolute Gasteiger partial charge is 0.0548 e. The van der Waals surface area contributed by atoms with Crippen molar-refractivity contribution in [2.24, 2.45) is 0 Å². The molecule has 2 bridgehead atoms. The SMILES string of the molecule is c1cc2nc(c1)CN(Cc1c3ccccc3cc3ccccc13)CCNCCNC2. The molecule has 0 unspecified atom stereocenters. The number of rotatable bonds is 2. The van der Waals surface area contributed by atoms with Crippen molar-refractivity contribution < 1.29 is 0 Å². The summed E-state index contributed by atoms with van der Waals surface area (Å²) in [5.41, 5.74) is 3.66. The van der Waals surface area contributed by atoms with Crippen LogP contribution < -0.4 is 10.6 Å². The highest BCUT2D eigenvalue weighted by molar-refractivity contribution is 6.02. The Balaban J connectivity index is 1.53. The summed E-state index contributed by atoms with van der Waals surface area (Å²) in [7, 11) is 0. The Labute approximate surface area is 177 Å². The number of fused-ring (bicyclic) bond motifs is 4. The summed E-state index contributed by atoms with van der Waals surface area (Å²) in [6.07, 6.45) is 0. The molecule has 4 nitrogen and oxygen atoms in total. The van der Waals surface area contributed by atoms with E-state index in [4.69, 9.17) is 4.98 Å². The maximum Gasteiger partial charge on any atom is 0.0548 e. The predicted molar refractivity (Wildman–Crippen MR) is 124 cm³/mol. The number of nitrogens with one attached hydrogen (secondary N) is 2. The van der Waals surface area contributed by atoms with Gasteiger partial charge in [-0.05, 0) is 45.3 Å². The second-order valence-corrected chi connectivity index (χ2v) is 8.06. The Morgan fingerprint density at radius 1 is 0.733 bits per heavy atom. The van der Waals surface area contributed by atoms with Crippen molar-refractivity contribution in [3.05, 3.63) is 89.7 Å². The van der Waals surface area contributed by atoms with E-state index in [1.54, 1.807) is 0 Å². The minimum absolute atomic E-state index is 0.823. The lowest BCUT2D eigenvalue weighted by Gasteiger charge is -2.25. The van der Waals surface area contributed by atoms with Crippen LogP contribution in [-0.2, 0) is 19.6 Å². The normalized spacial score (nSPS) is 16.3. The maximum absolute atomic E-state index is 4.90. The van der Waals surface area contributed by atoms with E-state index >= 15 is 0 Å². The van der Waals surface area contributed by atoms with Gasteiger partial charge < -0.3 is 10.6 Å². The Bertz CT molecular complexity index is 1100. The highest BCUT2D eigenvalue weighted by Crippen LogP contribution is 2.29. The highest BCUT2D eigenvalue weighted by Gasteiger charge is 2.14. The van der Waals surface area contributed by atoms with Crippen LogP contribution in [0.15, 0.2) is 72.8 Å². The van der Waals surface area contributed by atoms with Gasteiger partial charge in [-0.25, -0.2) is 0 Å². The van der Waals surface area contributed by atoms with Crippen molar-refractivity contribution in [2.45, 2.75) is 19.6 Å². The predicted octanol–water partition coefficient (Wildman–Crippen LogP) is 4.08. The van der Waals surface area contributed by atoms with Crippen LogP contribution in [0.5, 0.6) is 0 Å². The van der Waals surface area contributed by atoms with Crippen molar-refractivity contribution in [1.82, 2.24) is 20.5 Å². The number of hydrogen-bond donors (Lipinski definition) is 2. The average Bonchev–Trinajstić information content (AvgIpc) is 2.77. The summed E-state index contributed by atoms with van der Waals surface area (Å²) in [6.45, 7) is 6.49. The quantitative estimate of drug-likeness (QED) is 0.501. The van der Waals surface area contributed by atoms with Crippen molar-refractivity contribution in [3.63, 3.8) is 0 Å². The standard InChI is InChI=1S/C26H28N4/c1-3-10-24-20(6-1)16-21-7-2-4-11-25(21)26(24)19-30-15-14-27-12-13-28-17-22-8-5-9-23(18-30)29-22/h1-11,16,27-28H,12-15,17-19H2. The van der Waals surface area contributed by atoms with Gasteiger partial charge in [0.15, 0.2) is 0 Å². The Hall–Kier alpha value is -2.79. The molecule has 1 aliphatic rings. The molecule has 152 valence electrons. The van der Waals surface area contributed by atoms with Crippen LogP contribution in [0.4, 0.5) is 0 Å². The van der Waals surface area contributed by atoms with Gasteiger partial charge in [-0.1, -0.05) is 54.6 Å². The molecule has 0 saturated carbocycles. The molecular formula is C26H28N4. The lowest BCUT2D eigenvalue weighted by atomic mass is 9.96. The number of aromatic nitrogens is 1. The molecule has 0 atom stereocenters. The summed E-state index contributed by atoms with van der Waals surface area (Å²) in [4.78, 5) is 7.43. The van der Waals surface area contributed by atoms with Crippen LogP contribution in [0, 0.1) is 0 Å². The molecule has 5 rings (SSSR count). The molecule has 0 spiro atoms. The van der Waals surface area contributed by atoms with Crippen LogP contribution in [0.25, 0.3) is 21.5 Å². The molecular weight excluding hydrogens is 368 g/mol. The zero-order valence-corrected chi connectivity index (χ0v) is 17.3. The number of benzene rings is 3. The van der Waals surface area contributed by atoms with Crippen LogP contribution in [-0.4, -0.2) is 36.1 Å². The van der Waals surface area contributed by atoms with Gasteiger partial charge in [-0.3, -0.25) is 9.88 Å². The van der Waals surface area contributed by atoms with E-state index in [0.29, 0.717) is 0 Å². The summed E-state index contributed by atoms with van der Waals surface area (Å²) in [5.74, 6) is 0. The molecule has 4 heteroatoms. The zero-order valence-electron chi connectivity index (χ0n) is 17.3. The number of pyridine rings is 1. The van der Waals surface area contributed by atoms with Crippen LogP contribution in [0.1, 0.15) is 17.0 Å². The zero-order chi connectivity index (χ0) is 20.2. The van der Waals surface area contributed by atoms with Crippen LogP contribution >= 0.6 is 0 Å². The van der Waals surface area contributed by atoms with Gasteiger partial charge >= 0.3 is 0 Å². The van der Waals surface area contributed by atoms with Crippen molar-refractivity contribution in [1.29, 1.82) is 0 Å². The first-order valence-electron chi connectivity index (χ1n) is 10.8. The summed E-state index contributed by atoms with van der Waals surface area (Å²) in [6, 6.07) is 26.2. The van der Waals surface area contributed by atoms with Gasteiger partial charge in [0.05, 0.1) is 11.4 Å². The van der Waals surface area contributed by atoms with Gasteiger partial charge in [0.1, 0.15) is 0 Å². The van der Waals surface area contributed by atoms with E-state index < -0.39 is 0 Å². The molecule has 3 aromatic carbocycles. The molecule has 2 heterocycles. The van der Waals surface area contributed by atoms with Crippen molar-refractivity contribution in [3.8, 4) is 0 Å². The first-order chi connectivity index (χ1) is 14.9. The summed E-state index contributed by atoms with van der Waals surface area (Å²) < 4.78 is 0. The third kappa shape index (κ3) is 4.21. The largest absolute Gasteiger partial charge is 0.314 e. The van der Waals surface area contributed by atoms with Crippen molar-refractivity contribution in [2.75, 3.05) is 26.2 Å². The molecule has 4 aromatic rings. The number of hydrogen-bond acceptors (Lipinski definition) is 4. The van der Waals surface area contributed by atoms with Gasteiger partial charge in [0.25, 0.3) is 0 Å². The minimum Gasteiger partial charge on any atom is -0.314 e. The summed E-state index contributed by atoms with van der Waals surface area (Å²) >= 11 is 0. The molecule has 0 saturated heterocycles. The lowest BCUT2D eigenvalue weighted by molar-refractivity contribution is 0.254.